The van der Waals surface area contributed by atoms with Gasteiger partial charge in [0.1, 0.15) is 17.7 Å². The van der Waals surface area contributed by atoms with E-state index in [1.54, 1.807) is 24.3 Å². The van der Waals surface area contributed by atoms with E-state index in [4.69, 9.17) is 52.3 Å². The number of benzene rings is 2. The number of rotatable bonds is 6. The van der Waals surface area contributed by atoms with Crippen LogP contribution in [0.2, 0.25) is 10.0 Å². The highest BCUT2D eigenvalue weighted by atomic mass is 35.5. The number of carbonyl (C=O) groups excluding carboxylic acids is 1. The molecule has 2 aliphatic rings. The van der Waals surface area contributed by atoms with Crippen LogP contribution in [0.5, 0.6) is 5.75 Å². The van der Waals surface area contributed by atoms with Crippen molar-refractivity contribution in [1.82, 2.24) is 4.90 Å². The summed E-state index contributed by atoms with van der Waals surface area (Å²) in [6, 6.07) is 8.38. The summed E-state index contributed by atoms with van der Waals surface area (Å²) in [5.41, 5.74) is 7.32. The Morgan fingerprint density at radius 3 is 2.24 bits per heavy atom. The predicted molar refractivity (Wildman–Crippen MR) is 140 cm³/mol. The highest BCUT2D eigenvalue weighted by Gasteiger charge is 2.29. The summed E-state index contributed by atoms with van der Waals surface area (Å²) in [4.78, 5) is 22.8. The molecule has 204 valence electrons. The molecule has 0 bridgehead atoms. The van der Waals surface area contributed by atoms with Gasteiger partial charge in [-0.15, -0.1) is 0 Å². The van der Waals surface area contributed by atoms with Crippen molar-refractivity contribution in [3.63, 3.8) is 0 Å². The number of hydrogen-bond donors (Lipinski definition) is 2. The van der Waals surface area contributed by atoms with E-state index in [0.29, 0.717) is 28.3 Å². The number of nitrogens with zero attached hydrogens (tertiary/aromatic N) is 1. The van der Waals surface area contributed by atoms with E-state index in [-0.39, 0.29) is 11.7 Å². The van der Waals surface area contributed by atoms with Crippen LogP contribution in [0, 0.1) is 5.82 Å². The number of amides is 1. The van der Waals surface area contributed by atoms with E-state index in [0.717, 1.165) is 63.1 Å². The van der Waals surface area contributed by atoms with Crippen LogP contribution in [0.1, 0.15) is 60.0 Å². The number of nitrogens with two attached hydrogens (primary N) is 1. The Morgan fingerprint density at radius 1 is 1.19 bits per heavy atom. The molecule has 8 nitrogen and oxygen atoms in total. The molecule has 12 heteroatoms. The first-order valence-corrected chi connectivity index (χ1v) is 13.8. The van der Waals surface area contributed by atoms with E-state index in [2.05, 4.69) is 4.90 Å². The Kier molecular flexibility index (Phi) is 12.3. The average Bonchev–Trinajstić information content (AvgIpc) is 3.61. The van der Waals surface area contributed by atoms with Crippen LogP contribution in [-0.2, 0) is 22.4 Å². The number of carboxylic acid groups (broad SMARTS) is 1. The lowest BCUT2D eigenvalue weighted by atomic mass is 9.97. The van der Waals surface area contributed by atoms with Crippen LogP contribution >= 0.6 is 23.2 Å². The van der Waals surface area contributed by atoms with Gasteiger partial charge in [-0.1, -0.05) is 34.3 Å². The molecule has 0 aromatic heterocycles. The molecular weight excluding hydrogens is 546 g/mol. The molecule has 1 heterocycles. The number of aliphatic carboxylic acids is 1. The molecule has 0 radical (unpaired) electrons. The van der Waals surface area contributed by atoms with Crippen molar-refractivity contribution in [3.8, 4) is 5.75 Å². The van der Waals surface area contributed by atoms with E-state index in [1.165, 1.54) is 6.07 Å². The van der Waals surface area contributed by atoms with Gasteiger partial charge in [-0.05, 0) is 79.3 Å². The van der Waals surface area contributed by atoms with Gasteiger partial charge >= 0.3 is 0 Å². The van der Waals surface area contributed by atoms with Gasteiger partial charge in [-0.3, -0.25) is 18.7 Å². The minimum Gasteiger partial charge on any atom is -0.773 e. The Hall–Kier alpha value is -2.24. The molecule has 2 aromatic carbocycles. The maximum atomic E-state index is 14.3. The largest absolute Gasteiger partial charge is 0.773 e. The number of halogens is 3. The zero-order valence-corrected chi connectivity index (χ0v) is 22.9. The van der Waals surface area contributed by atoms with Crippen LogP contribution in [0.4, 0.5) is 4.39 Å². The highest BCUT2D eigenvalue weighted by Crippen LogP contribution is 2.43. The standard InChI is InChI=1S/C22H23Cl2FN2O2.C2H4O2.CH4O2S/c23-15-3-4-21(19(24)10-15)29-16-5-7-27(8-6-16)12-14-9-20(25)18(22(26)28)11-17(14)13-1-2-13;1-2(3)4;1-4(2)3/h3-4,9-11,13,16H,1-2,5-8,12H2,(H2,26,28);1H3,(H,3,4);1H3,(H,2,3)/p-1. The molecule has 1 amide bonds. The average molecular weight is 576 g/mol. The molecule has 1 aliphatic heterocycles. The molecule has 37 heavy (non-hydrogen) atoms. The molecule has 1 aliphatic carbocycles. The van der Waals surface area contributed by atoms with E-state index >= 15 is 0 Å². The third-order valence-electron chi connectivity index (χ3n) is 5.63. The van der Waals surface area contributed by atoms with Crippen LogP contribution in [0.25, 0.3) is 0 Å². The van der Waals surface area contributed by atoms with Gasteiger partial charge in [0.15, 0.2) is 0 Å². The lowest BCUT2D eigenvalue weighted by molar-refractivity contribution is -0.134. The molecule has 2 fully saturated rings. The van der Waals surface area contributed by atoms with Crippen molar-refractivity contribution < 1.29 is 32.6 Å². The van der Waals surface area contributed by atoms with Gasteiger partial charge in [-0.25, -0.2) is 4.39 Å². The molecule has 3 N–H and O–H groups in total. The monoisotopic (exact) mass is 575 g/mol. The molecule has 1 unspecified atom stereocenters. The Bertz CT molecular complexity index is 1100. The molecule has 0 spiro atoms. The molecule has 1 atom stereocenters. The maximum absolute atomic E-state index is 14.3. The van der Waals surface area contributed by atoms with Crippen LogP contribution in [-0.4, -0.2) is 56.1 Å². The first-order chi connectivity index (χ1) is 17.4. The van der Waals surface area contributed by atoms with Gasteiger partial charge in [0.2, 0.25) is 0 Å². The van der Waals surface area contributed by atoms with Gasteiger partial charge in [0.05, 0.1) is 10.6 Å². The fraction of sp³-hybridized carbons (Fsp3) is 0.440. The summed E-state index contributed by atoms with van der Waals surface area (Å²) < 4.78 is 38.4. The number of hydrogen-bond acceptors (Lipinski definition) is 6. The van der Waals surface area contributed by atoms with Gasteiger partial charge in [0, 0.05) is 31.6 Å². The van der Waals surface area contributed by atoms with Crippen molar-refractivity contribution in [2.75, 3.05) is 19.3 Å². The first-order valence-electron chi connectivity index (χ1n) is 11.5. The lowest BCUT2D eigenvalue weighted by Crippen LogP contribution is -2.38. The lowest BCUT2D eigenvalue weighted by Gasteiger charge is -2.33. The summed E-state index contributed by atoms with van der Waals surface area (Å²) in [5, 5.41) is 8.51. The quantitative estimate of drug-likeness (QED) is 0.475. The summed E-state index contributed by atoms with van der Waals surface area (Å²) in [6.45, 7) is 3.44. The molecule has 1 saturated heterocycles. The molecular formula is C25H30Cl2FN2O6S-. The fourth-order valence-electron chi connectivity index (χ4n) is 3.91. The number of likely N-dealkylation sites (tertiary alicyclic amines) is 1. The minimum absolute atomic E-state index is 0.0115. The second-order valence-corrected chi connectivity index (χ2v) is 10.4. The zero-order chi connectivity index (χ0) is 27.7. The Labute approximate surface area is 228 Å². The van der Waals surface area contributed by atoms with E-state index in [1.807, 2.05) is 0 Å². The third kappa shape index (κ3) is 11.0. The number of carboxylic acids is 1. The van der Waals surface area contributed by atoms with Crippen molar-refractivity contribution in [3.05, 3.63) is 62.9 Å². The van der Waals surface area contributed by atoms with Crippen molar-refractivity contribution in [2.24, 2.45) is 5.73 Å². The second-order valence-electron chi connectivity index (χ2n) is 8.76. The van der Waals surface area contributed by atoms with E-state index < -0.39 is 28.8 Å². The van der Waals surface area contributed by atoms with Crippen molar-refractivity contribution in [2.45, 2.75) is 51.2 Å². The van der Waals surface area contributed by atoms with Crippen LogP contribution < -0.4 is 10.5 Å². The summed E-state index contributed by atoms with van der Waals surface area (Å²) in [7, 11) is 0. The fourth-order valence-corrected chi connectivity index (χ4v) is 4.36. The normalized spacial score (nSPS) is 16.5. The second kappa shape index (κ2) is 14.6. The van der Waals surface area contributed by atoms with E-state index in [9.17, 15) is 9.18 Å². The number of piperidine rings is 1. The maximum Gasteiger partial charge on any atom is 0.300 e. The van der Waals surface area contributed by atoms with Crippen molar-refractivity contribution in [1.29, 1.82) is 0 Å². The minimum atomic E-state index is -1.86. The highest BCUT2D eigenvalue weighted by molar-refractivity contribution is 7.78. The van der Waals surface area contributed by atoms with Crippen molar-refractivity contribution >= 4 is 46.2 Å². The summed E-state index contributed by atoms with van der Waals surface area (Å²) >= 11 is 10.3. The number of primary amides is 1. The number of carbonyl (C=O) groups is 2. The first kappa shape index (κ1) is 31.0. The summed E-state index contributed by atoms with van der Waals surface area (Å²) in [6.07, 6.45) is 5.05. The SMILES string of the molecule is CC(=O)O.CS(=O)[O-].NC(=O)c1cc(C2CC2)c(CN2CCC(Oc3ccc(Cl)cc3Cl)CC2)cc1F. The van der Waals surface area contributed by atoms with Gasteiger partial charge in [-0.2, -0.15) is 0 Å². The smallest absolute Gasteiger partial charge is 0.300 e. The Morgan fingerprint density at radius 2 is 1.76 bits per heavy atom. The van der Waals surface area contributed by atoms with Crippen LogP contribution in [0.15, 0.2) is 30.3 Å². The number of ether oxygens (including phenoxy) is 1. The van der Waals surface area contributed by atoms with Crippen LogP contribution in [0.3, 0.4) is 0 Å². The molecule has 1 saturated carbocycles. The van der Waals surface area contributed by atoms with Gasteiger partial charge < -0.3 is 20.1 Å². The molecule has 2 aromatic rings. The molecule has 4 rings (SSSR count). The van der Waals surface area contributed by atoms with Gasteiger partial charge in [0.25, 0.3) is 11.9 Å². The summed E-state index contributed by atoms with van der Waals surface area (Å²) in [5.74, 6) is -1.02. The predicted octanol–water partition coefficient (Wildman–Crippen LogP) is 4.74. The zero-order valence-electron chi connectivity index (χ0n) is 20.5. The third-order valence-corrected chi connectivity index (χ3v) is 6.16. The topological polar surface area (TPSA) is 133 Å². The Balaban J connectivity index is 0.000000530.